The lowest BCUT2D eigenvalue weighted by Gasteiger charge is -2.16. The van der Waals surface area contributed by atoms with Crippen LogP contribution >= 0.6 is 0 Å². The Labute approximate surface area is 98.3 Å². The van der Waals surface area contributed by atoms with Crippen LogP contribution in [-0.2, 0) is 0 Å². The highest BCUT2D eigenvalue weighted by atomic mass is 16.5. The molecule has 2 heteroatoms. The fourth-order valence-electron chi connectivity index (χ4n) is 1.70. The van der Waals surface area contributed by atoms with Gasteiger partial charge in [0.1, 0.15) is 5.75 Å². The van der Waals surface area contributed by atoms with Crippen molar-refractivity contribution >= 4 is 0 Å². The van der Waals surface area contributed by atoms with Crippen LogP contribution in [0, 0.1) is 0 Å². The first kappa shape index (κ1) is 12.8. The highest BCUT2D eigenvalue weighted by Crippen LogP contribution is 2.24. The average Bonchev–Trinajstić information content (AvgIpc) is 2.34. The van der Waals surface area contributed by atoms with Gasteiger partial charge in [-0.1, -0.05) is 24.3 Å². The quantitative estimate of drug-likeness (QED) is 0.561. The SMILES string of the molecule is C=CCCCN[C@H](C)c1ccccc1OC. The number of hydrogen-bond acceptors (Lipinski definition) is 2. The Bertz CT molecular complexity index is 322. The van der Waals surface area contributed by atoms with Crippen LogP contribution in [0.15, 0.2) is 36.9 Å². The predicted octanol–water partition coefficient (Wildman–Crippen LogP) is 3.31. The van der Waals surface area contributed by atoms with Crippen LogP contribution < -0.4 is 10.1 Å². The zero-order valence-corrected chi connectivity index (χ0v) is 10.2. The van der Waals surface area contributed by atoms with Crippen molar-refractivity contribution in [2.24, 2.45) is 0 Å². The highest BCUT2D eigenvalue weighted by molar-refractivity contribution is 5.35. The van der Waals surface area contributed by atoms with E-state index in [1.807, 2.05) is 24.3 Å². The van der Waals surface area contributed by atoms with Gasteiger partial charge in [0.2, 0.25) is 0 Å². The molecule has 2 nitrogen and oxygen atoms in total. The number of hydrogen-bond donors (Lipinski definition) is 1. The fourth-order valence-corrected chi connectivity index (χ4v) is 1.70. The summed E-state index contributed by atoms with van der Waals surface area (Å²) in [5, 5.41) is 3.48. The molecule has 88 valence electrons. The van der Waals surface area contributed by atoms with E-state index in [-0.39, 0.29) is 0 Å². The number of nitrogens with one attached hydrogen (secondary N) is 1. The topological polar surface area (TPSA) is 21.3 Å². The van der Waals surface area contributed by atoms with Gasteiger partial charge in [-0.25, -0.2) is 0 Å². The van der Waals surface area contributed by atoms with Crippen molar-refractivity contribution in [1.82, 2.24) is 5.32 Å². The van der Waals surface area contributed by atoms with E-state index in [0.717, 1.165) is 25.1 Å². The second kappa shape index (κ2) is 7.07. The molecule has 1 N–H and O–H groups in total. The minimum Gasteiger partial charge on any atom is -0.496 e. The molecule has 0 spiro atoms. The Balaban J connectivity index is 2.51. The van der Waals surface area contributed by atoms with Gasteiger partial charge in [0, 0.05) is 11.6 Å². The number of rotatable bonds is 7. The largest absolute Gasteiger partial charge is 0.496 e. The lowest BCUT2D eigenvalue weighted by atomic mass is 10.1. The monoisotopic (exact) mass is 219 g/mol. The van der Waals surface area contributed by atoms with E-state index < -0.39 is 0 Å². The van der Waals surface area contributed by atoms with Crippen molar-refractivity contribution in [2.75, 3.05) is 13.7 Å². The molecule has 1 atom stereocenters. The first-order chi connectivity index (χ1) is 7.79. The molecule has 1 aromatic carbocycles. The number of ether oxygens (including phenoxy) is 1. The van der Waals surface area contributed by atoms with Gasteiger partial charge in [0.25, 0.3) is 0 Å². The van der Waals surface area contributed by atoms with Crippen LogP contribution in [0.1, 0.15) is 31.4 Å². The lowest BCUT2D eigenvalue weighted by molar-refractivity contribution is 0.401. The van der Waals surface area contributed by atoms with Crippen molar-refractivity contribution in [3.05, 3.63) is 42.5 Å². The van der Waals surface area contributed by atoms with E-state index in [9.17, 15) is 0 Å². The van der Waals surface area contributed by atoms with Crippen molar-refractivity contribution in [3.8, 4) is 5.75 Å². The first-order valence-electron chi connectivity index (χ1n) is 5.76. The summed E-state index contributed by atoms with van der Waals surface area (Å²) in [4.78, 5) is 0. The van der Waals surface area contributed by atoms with Gasteiger partial charge in [-0.3, -0.25) is 0 Å². The molecule has 1 aromatic rings. The Kier molecular flexibility index (Phi) is 5.65. The summed E-state index contributed by atoms with van der Waals surface area (Å²) in [7, 11) is 1.71. The molecule has 0 aliphatic carbocycles. The molecule has 0 heterocycles. The molecule has 0 saturated heterocycles. The van der Waals surface area contributed by atoms with E-state index >= 15 is 0 Å². The Morgan fingerprint density at radius 3 is 2.88 bits per heavy atom. The molecule has 0 saturated carbocycles. The molecule has 16 heavy (non-hydrogen) atoms. The van der Waals surface area contributed by atoms with Gasteiger partial charge >= 0.3 is 0 Å². The minimum atomic E-state index is 0.320. The molecule has 0 aromatic heterocycles. The predicted molar refractivity (Wildman–Crippen MR) is 68.8 cm³/mol. The molecule has 0 aliphatic rings. The number of benzene rings is 1. The van der Waals surface area contributed by atoms with Crippen molar-refractivity contribution in [1.29, 1.82) is 0 Å². The molecular weight excluding hydrogens is 198 g/mol. The number of allylic oxidation sites excluding steroid dienone is 1. The summed E-state index contributed by atoms with van der Waals surface area (Å²) < 4.78 is 5.34. The molecule has 1 rings (SSSR count). The van der Waals surface area contributed by atoms with E-state index in [4.69, 9.17) is 4.74 Å². The molecule has 0 aliphatic heterocycles. The van der Waals surface area contributed by atoms with Gasteiger partial charge in [0.15, 0.2) is 0 Å². The third-order valence-electron chi connectivity index (χ3n) is 2.64. The smallest absolute Gasteiger partial charge is 0.123 e. The molecule has 0 unspecified atom stereocenters. The third-order valence-corrected chi connectivity index (χ3v) is 2.64. The van der Waals surface area contributed by atoms with Gasteiger partial charge in [0.05, 0.1) is 7.11 Å². The number of para-hydroxylation sites is 1. The van der Waals surface area contributed by atoms with Crippen LogP contribution in [0.4, 0.5) is 0 Å². The number of methoxy groups -OCH3 is 1. The van der Waals surface area contributed by atoms with Gasteiger partial charge in [-0.2, -0.15) is 0 Å². The standard InChI is InChI=1S/C14H21NO/c1-4-5-8-11-15-12(2)13-9-6-7-10-14(13)16-3/h4,6-7,9-10,12,15H,1,5,8,11H2,2-3H3/t12-/m1/s1. The highest BCUT2D eigenvalue weighted by Gasteiger charge is 2.08. The maximum absolute atomic E-state index is 5.34. The van der Waals surface area contributed by atoms with Gasteiger partial charge in [-0.15, -0.1) is 6.58 Å². The average molecular weight is 219 g/mol. The lowest BCUT2D eigenvalue weighted by Crippen LogP contribution is -2.20. The van der Waals surface area contributed by atoms with E-state index in [1.165, 1.54) is 5.56 Å². The van der Waals surface area contributed by atoms with Gasteiger partial charge < -0.3 is 10.1 Å². The van der Waals surface area contributed by atoms with Crippen LogP contribution in [0.5, 0.6) is 5.75 Å². The Morgan fingerprint density at radius 2 is 2.19 bits per heavy atom. The Morgan fingerprint density at radius 1 is 1.44 bits per heavy atom. The van der Waals surface area contributed by atoms with Crippen molar-refractivity contribution in [3.63, 3.8) is 0 Å². The second-order valence-corrected chi connectivity index (χ2v) is 3.85. The van der Waals surface area contributed by atoms with Crippen molar-refractivity contribution < 1.29 is 4.74 Å². The van der Waals surface area contributed by atoms with E-state index in [2.05, 4.69) is 24.9 Å². The summed E-state index contributed by atoms with van der Waals surface area (Å²) in [6.45, 7) is 6.88. The van der Waals surface area contributed by atoms with Crippen LogP contribution in [0.25, 0.3) is 0 Å². The summed E-state index contributed by atoms with van der Waals surface area (Å²) >= 11 is 0. The number of unbranched alkanes of at least 4 members (excludes halogenated alkanes) is 1. The summed E-state index contributed by atoms with van der Waals surface area (Å²) in [6, 6.07) is 8.45. The van der Waals surface area contributed by atoms with Crippen molar-refractivity contribution in [2.45, 2.75) is 25.8 Å². The summed E-state index contributed by atoms with van der Waals surface area (Å²) in [5.41, 5.74) is 1.21. The zero-order chi connectivity index (χ0) is 11.8. The summed E-state index contributed by atoms with van der Waals surface area (Å²) in [5.74, 6) is 0.950. The van der Waals surface area contributed by atoms with E-state index in [1.54, 1.807) is 7.11 Å². The van der Waals surface area contributed by atoms with Crippen LogP contribution in [0.3, 0.4) is 0 Å². The Hall–Kier alpha value is -1.28. The van der Waals surface area contributed by atoms with Gasteiger partial charge in [-0.05, 0) is 32.4 Å². The van der Waals surface area contributed by atoms with E-state index in [0.29, 0.717) is 6.04 Å². The van der Waals surface area contributed by atoms with Crippen LogP contribution in [0.2, 0.25) is 0 Å². The van der Waals surface area contributed by atoms with Crippen LogP contribution in [-0.4, -0.2) is 13.7 Å². The molecular formula is C14H21NO. The minimum absolute atomic E-state index is 0.320. The molecule has 0 fully saturated rings. The fraction of sp³-hybridized carbons (Fsp3) is 0.429. The molecule has 0 radical (unpaired) electrons. The first-order valence-corrected chi connectivity index (χ1v) is 5.76. The molecule has 0 amide bonds. The summed E-state index contributed by atoms with van der Waals surface area (Å²) in [6.07, 6.45) is 4.14. The third kappa shape index (κ3) is 3.70. The maximum Gasteiger partial charge on any atom is 0.123 e. The molecule has 0 bridgehead atoms. The second-order valence-electron chi connectivity index (χ2n) is 3.85. The zero-order valence-electron chi connectivity index (χ0n) is 10.2. The maximum atomic E-state index is 5.34. The normalized spacial score (nSPS) is 12.1.